The minimum atomic E-state index is 0.696. The van der Waals surface area contributed by atoms with E-state index in [0.29, 0.717) is 5.02 Å². The third-order valence-corrected chi connectivity index (χ3v) is 2.88. The number of anilines is 1. The number of rotatable bonds is 3. The summed E-state index contributed by atoms with van der Waals surface area (Å²) < 4.78 is 0. The van der Waals surface area contributed by atoms with Crippen LogP contribution in [0.2, 0.25) is 5.02 Å². The minimum Gasteiger partial charge on any atom is -0.278 e. The number of benzene rings is 2. The van der Waals surface area contributed by atoms with Gasteiger partial charge in [0.05, 0.1) is 11.9 Å². The van der Waals surface area contributed by atoms with Gasteiger partial charge in [-0.1, -0.05) is 41.4 Å². The van der Waals surface area contributed by atoms with Crippen LogP contribution in [0.4, 0.5) is 5.69 Å². The molecule has 0 radical (unpaired) electrons. The van der Waals surface area contributed by atoms with Crippen LogP contribution in [0.1, 0.15) is 16.7 Å². The first-order valence-corrected chi connectivity index (χ1v) is 6.15. The number of hydrogen-bond donors (Lipinski definition) is 1. The molecule has 0 aromatic heterocycles. The lowest BCUT2D eigenvalue weighted by Gasteiger charge is -2.02. The molecule has 0 aliphatic heterocycles. The molecular formula is C15H15ClN2. The summed E-state index contributed by atoms with van der Waals surface area (Å²) in [5.41, 5.74) is 7.42. The normalized spacial score (nSPS) is 10.8. The molecule has 2 aromatic rings. The van der Waals surface area contributed by atoms with Crippen molar-refractivity contribution in [3.63, 3.8) is 0 Å². The molecule has 0 bridgehead atoms. The number of aryl methyl sites for hydroxylation is 2. The molecule has 0 spiro atoms. The molecule has 0 unspecified atom stereocenters. The highest BCUT2D eigenvalue weighted by Crippen LogP contribution is 2.15. The van der Waals surface area contributed by atoms with Crippen molar-refractivity contribution in [3.8, 4) is 0 Å². The van der Waals surface area contributed by atoms with Gasteiger partial charge >= 0.3 is 0 Å². The van der Waals surface area contributed by atoms with Crippen LogP contribution in [-0.2, 0) is 0 Å². The highest BCUT2D eigenvalue weighted by molar-refractivity contribution is 6.30. The molecule has 0 saturated heterocycles. The van der Waals surface area contributed by atoms with Crippen molar-refractivity contribution in [1.82, 2.24) is 0 Å². The van der Waals surface area contributed by atoms with Crippen molar-refractivity contribution >= 4 is 23.5 Å². The lowest BCUT2D eigenvalue weighted by Crippen LogP contribution is -1.93. The fourth-order valence-corrected chi connectivity index (χ4v) is 1.90. The summed E-state index contributed by atoms with van der Waals surface area (Å²) in [7, 11) is 0. The number of nitrogens with zero attached hydrogens (tertiary/aromatic N) is 1. The number of hydrazone groups is 1. The zero-order valence-corrected chi connectivity index (χ0v) is 11.2. The van der Waals surface area contributed by atoms with E-state index in [-0.39, 0.29) is 0 Å². The maximum Gasteiger partial charge on any atom is 0.0576 e. The average Bonchev–Trinajstić information content (AvgIpc) is 2.32. The SMILES string of the molecule is Cc1ccc(/C=N\Nc2cccc(Cl)c2)c(C)c1. The van der Waals surface area contributed by atoms with Gasteiger partial charge in [-0.25, -0.2) is 0 Å². The van der Waals surface area contributed by atoms with Gasteiger partial charge < -0.3 is 0 Å². The molecule has 1 N–H and O–H groups in total. The maximum atomic E-state index is 5.89. The van der Waals surface area contributed by atoms with E-state index in [1.807, 2.05) is 30.5 Å². The van der Waals surface area contributed by atoms with Crippen molar-refractivity contribution in [1.29, 1.82) is 0 Å². The molecule has 0 atom stereocenters. The molecule has 2 nitrogen and oxygen atoms in total. The van der Waals surface area contributed by atoms with Gasteiger partial charge in [0.2, 0.25) is 0 Å². The molecule has 18 heavy (non-hydrogen) atoms. The summed E-state index contributed by atoms with van der Waals surface area (Å²) in [5.74, 6) is 0. The van der Waals surface area contributed by atoms with Crippen LogP contribution in [0.5, 0.6) is 0 Å². The Morgan fingerprint density at radius 1 is 1.11 bits per heavy atom. The quantitative estimate of drug-likeness (QED) is 0.640. The fraction of sp³-hybridized carbons (Fsp3) is 0.133. The highest BCUT2D eigenvalue weighted by Gasteiger charge is 1.95. The summed E-state index contributed by atoms with van der Waals surface area (Å²) in [6, 6.07) is 13.8. The molecule has 3 heteroatoms. The lowest BCUT2D eigenvalue weighted by atomic mass is 10.1. The van der Waals surface area contributed by atoms with Gasteiger partial charge in [-0.05, 0) is 43.2 Å². The molecule has 0 aliphatic rings. The first kappa shape index (κ1) is 12.7. The van der Waals surface area contributed by atoms with Gasteiger partial charge in [0, 0.05) is 5.02 Å². The summed E-state index contributed by atoms with van der Waals surface area (Å²) in [5, 5.41) is 4.91. The van der Waals surface area contributed by atoms with Crippen molar-refractivity contribution < 1.29 is 0 Å². The van der Waals surface area contributed by atoms with Crippen LogP contribution in [0.25, 0.3) is 0 Å². The van der Waals surface area contributed by atoms with E-state index in [9.17, 15) is 0 Å². The van der Waals surface area contributed by atoms with Crippen molar-refractivity contribution in [3.05, 3.63) is 64.2 Å². The van der Waals surface area contributed by atoms with Gasteiger partial charge in [-0.2, -0.15) is 5.10 Å². The van der Waals surface area contributed by atoms with Crippen molar-refractivity contribution in [2.45, 2.75) is 13.8 Å². The first-order valence-electron chi connectivity index (χ1n) is 5.77. The molecule has 2 aromatic carbocycles. The zero-order chi connectivity index (χ0) is 13.0. The van der Waals surface area contributed by atoms with E-state index in [4.69, 9.17) is 11.6 Å². The predicted octanol–water partition coefficient (Wildman–Crippen LogP) is 4.40. The van der Waals surface area contributed by atoms with Crippen LogP contribution in [0, 0.1) is 13.8 Å². The molecule has 0 fully saturated rings. The average molecular weight is 259 g/mol. The van der Waals surface area contributed by atoms with Crippen molar-refractivity contribution in [2.24, 2.45) is 5.10 Å². The van der Waals surface area contributed by atoms with Gasteiger partial charge in [-0.3, -0.25) is 5.43 Å². The lowest BCUT2D eigenvalue weighted by molar-refractivity contribution is 1.33. The topological polar surface area (TPSA) is 24.4 Å². The summed E-state index contributed by atoms with van der Waals surface area (Å²) in [6.07, 6.45) is 1.82. The molecule has 0 aliphatic carbocycles. The Labute approximate surface area is 112 Å². The van der Waals surface area contributed by atoms with Gasteiger partial charge in [0.15, 0.2) is 0 Å². The van der Waals surface area contributed by atoms with E-state index in [1.54, 1.807) is 0 Å². The minimum absolute atomic E-state index is 0.696. The molecule has 2 rings (SSSR count). The zero-order valence-electron chi connectivity index (χ0n) is 10.4. The number of nitrogens with one attached hydrogen (secondary N) is 1. The number of halogens is 1. The van der Waals surface area contributed by atoms with Crippen LogP contribution < -0.4 is 5.43 Å². The van der Waals surface area contributed by atoms with Gasteiger partial charge in [-0.15, -0.1) is 0 Å². The van der Waals surface area contributed by atoms with E-state index in [1.165, 1.54) is 11.1 Å². The monoisotopic (exact) mass is 258 g/mol. The Morgan fingerprint density at radius 2 is 1.94 bits per heavy atom. The molecule has 92 valence electrons. The van der Waals surface area contributed by atoms with Gasteiger partial charge in [0.25, 0.3) is 0 Å². The summed E-state index contributed by atoms with van der Waals surface area (Å²) in [6.45, 7) is 4.16. The third-order valence-electron chi connectivity index (χ3n) is 2.65. The van der Waals surface area contributed by atoms with Gasteiger partial charge in [0.1, 0.15) is 0 Å². The maximum absolute atomic E-state index is 5.89. The highest BCUT2D eigenvalue weighted by atomic mass is 35.5. The molecular weight excluding hydrogens is 244 g/mol. The standard InChI is InChI=1S/C15H15ClN2/c1-11-6-7-13(12(2)8-11)10-17-18-15-5-3-4-14(16)9-15/h3-10,18H,1-2H3/b17-10-. The second-order valence-corrected chi connectivity index (χ2v) is 4.68. The first-order chi connectivity index (χ1) is 8.65. The smallest absolute Gasteiger partial charge is 0.0576 e. The molecule has 0 amide bonds. The Kier molecular flexibility index (Phi) is 4.00. The van der Waals surface area contributed by atoms with E-state index in [2.05, 4.69) is 42.6 Å². The Morgan fingerprint density at radius 3 is 2.67 bits per heavy atom. The van der Waals surface area contributed by atoms with E-state index in [0.717, 1.165) is 11.3 Å². The third kappa shape index (κ3) is 3.34. The molecule has 0 saturated carbocycles. The van der Waals surface area contributed by atoms with Crippen LogP contribution in [-0.4, -0.2) is 6.21 Å². The summed E-state index contributed by atoms with van der Waals surface area (Å²) in [4.78, 5) is 0. The fourth-order valence-electron chi connectivity index (χ4n) is 1.70. The van der Waals surface area contributed by atoms with E-state index < -0.39 is 0 Å². The Hall–Kier alpha value is -1.80. The second-order valence-electron chi connectivity index (χ2n) is 4.24. The summed E-state index contributed by atoms with van der Waals surface area (Å²) >= 11 is 5.89. The van der Waals surface area contributed by atoms with Crippen LogP contribution in [0.3, 0.4) is 0 Å². The Balaban J connectivity index is 2.07. The predicted molar refractivity (Wildman–Crippen MR) is 78.6 cm³/mol. The Bertz CT molecular complexity index is 576. The van der Waals surface area contributed by atoms with Crippen molar-refractivity contribution in [2.75, 3.05) is 5.43 Å². The second kappa shape index (κ2) is 5.69. The number of hydrogen-bond acceptors (Lipinski definition) is 2. The van der Waals surface area contributed by atoms with E-state index >= 15 is 0 Å². The largest absolute Gasteiger partial charge is 0.278 e. The van der Waals surface area contributed by atoms with Crippen LogP contribution >= 0.6 is 11.6 Å². The molecule has 0 heterocycles. The van der Waals surface area contributed by atoms with Crippen LogP contribution in [0.15, 0.2) is 47.6 Å².